The van der Waals surface area contributed by atoms with Crippen molar-refractivity contribution in [2.24, 2.45) is 0 Å². The molecule has 0 bridgehead atoms. The van der Waals surface area contributed by atoms with Gasteiger partial charge < -0.3 is 10.6 Å². The molecule has 0 heterocycles. The number of terminal acetylenes is 1. The van der Waals surface area contributed by atoms with Crippen LogP contribution < -0.4 is 10.6 Å². The van der Waals surface area contributed by atoms with Gasteiger partial charge in [0.1, 0.15) is 0 Å². The van der Waals surface area contributed by atoms with Gasteiger partial charge >= 0.3 is 6.03 Å². The lowest BCUT2D eigenvalue weighted by Crippen LogP contribution is -2.29. The first-order valence-electron chi connectivity index (χ1n) is 4.36. The van der Waals surface area contributed by atoms with E-state index in [1.54, 1.807) is 0 Å². The molecule has 0 spiro atoms. The van der Waals surface area contributed by atoms with E-state index in [2.05, 4.69) is 16.6 Å². The summed E-state index contributed by atoms with van der Waals surface area (Å²) >= 11 is 0. The van der Waals surface area contributed by atoms with Crippen LogP contribution in [0.5, 0.6) is 0 Å². The van der Waals surface area contributed by atoms with Gasteiger partial charge in [0.25, 0.3) is 0 Å². The summed E-state index contributed by atoms with van der Waals surface area (Å²) in [7, 11) is 0. The van der Waals surface area contributed by atoms with Gasteiger partial charge in [0.15, 0.2) is 0 Å². The monoisotopic (exact) mass is 188 g/mol. The van der Waals surface area contributed by atoms with Gasteiger partial charge in [-0.2, -0.15) is 0 Å². The third kappa shape index (κ3) is 3.63. The Morgan fingerprint density at radius 2 is 2.07 bits per heavy atom. The number of urea groups is 1. The van der Waals surface area contributed by atoms with E-state index in [0.29, 0.717) is 13.0 Å². The summed E-state index contributed by atoms with van der Waals surface area (Å²) in [6.45, 7) is 0.495. The molecule has 0 aliphatic rings. The molecule has 2 amide bonds. The molecule has 0 atom stereocenters. The molecule has 0 saturated carbocycles. The highest BCUT2D eigenvalue weighted by atomic mass is 16.2. The minimum Gasteiger partial charge on any atom is -0.337 e. The Labute approximate surface area is 83.5 Å². The molecular formula is C11H12N2O. The fourth-order valence-corrected chi connectivity index (χ4v) is 0.945. The van der Waals surface area contributed by atoms with Gasteiger partial charge in [-0.3, -0.25) is 0 Å². The van der Waals surface area contributed by atoms with Crippen LogP contribution in [-0.4, -0.2) is 12.6 Å². The summed E-state index contributed by atoms with van der Waals surface area (Å²) in [5.41, 5.74) is 0.769. The fourth-order valence-electron chi connectivity index (χ4n) is 0.945. The third-order valence-corrected chi connectivity index (χ3v) is 1.59. The van der Waals surface area contributed by atoms with Crippen LogP contribution in [0.1, 0.15) is 6.42 Å². The van der Waals surface area contributed by atoms with E-state index in [1.165, 1.54) is 0 Å². The molecule has 0 radical (unpaired) electrons. The van der Waals surface area contributed by atoms with Gasteiger partial charge in [-0.05, 0) is 12.1 Å². The predicted molar refractivity (Wildman–Crippen MR) is 56.9 cm³/mol. The molecule has 1 aromatic carbocycles. The van der Waals surface area contributed by atoms with Crippen molar-refractivity contribution in [2.75, 3.05) is 11.9 Å². The number of carbonyl (C=O) groups is 1. The number of anilines is 1. The van der Waals surface area contributed by atoms with Crippen molar-refractivity contribution in [3.05, 3.63) is 30.3 Å². The molecule has 0 unspecified atom stereocenters. The van der Waals surface area contributed by atoms with Crippen LogP contribution in [0.25, 0.3) is 0 Å². The first kappa shape index (κ1) is 10.1. The van der Waals surface area contributed by atoms with E-state index in [-0.39, 0.29) is 6.03 Å². The number of hydrogen-bond acceptors (Lipinski definition) is 1. The highest BCUT2D eigenvalue weighted by Gasteiger charge is 1.98. The topological polar surface area (TPSA) is 41.1 Å². The quantitative estimate of drug-likeness (QED) is 0.551. The Hall–Kier alpha value is -1.95. The number of amides is 2. The zero-order valence-electron chi connectivity index (χ0n) is 7.79. The van der Waals surface area contributed by atoms with Gasteiger partial charge in [0.2, 0.25) is 0 Å². The number of nitrogens with one attached hydrogen (secondary N) is 2. The van der Waals surface area contributed by atoms with Crippen LogP contribution in [0.2, 0.25) is 0 Å². The largest absolute Gasteiger partial charge is 0.337 e. The second kappa shape index (κ2) is 5.65. The maximum atomic E-state index is 11.2. The summed E-state index contributed by atoms with van der Waals surface area (Å²) in [5.74, 6) is 2.44. The summed E-state index contributed by atoms with van der Waals surface area (Å²) in [4.78, 5) is 11.2. The standard InChI is InChI=1S/C11H12N2O/c1-2-3-9-12-11(14)13-10-7-5-4-6-8-10/h1,4-8H,3,9H2,(H2,12,13,14). The maximum Gasteiger partial charge on any atom is 0.319 e. The Balaban J connectivity index is 2.32. The lowest BCUT2D eigenvalue weighted by Gasteiger charge is -2.05. The molecule has 2 N–H and O–H groups in total. The van der Waals surface area contributed by atoms with Gasteiger partial charge in [-0.15, -0.1) is 12.3 Å². The molecule has 3 heteroatoms. The lowest BCUT2D eigenvalue weighted by molar-refractivity contribution is 0.252. The fraction of sp³-hybridized carbons (Fsp3) is 0.182. The molecule has 0 saturated heterocycles. The van der Waals surface area contributed by atoms with Crippen LogP contribution >= 0.6 is 0 Å². The van der Waals surface area contributed by atoms with Gasteiger partial charge in [-0.1, -0.05) is 18.2 Å². The molecule has 14 heavy (non-hydrogen) atoms. The Morgan fingerprint density at radius 3 is 2.71 bits per heavy atom. The number of para-hydroxylation sites is 1. The Bertz CT molecular complexity index is 327. The summed E-state index contributed by atoms with van der Waals surface area (Å²) < 4.78 is 0. The maximum absolute atomic E-state index is 11.2. The molecule has 0 fully saturated rings. The highest BCUT2D eigenvalue weighted by molar-refractivity contribution is 5.89. The molecular weight excluding hydrogens is 176 g/mol. The van der Waals surface area contributed by atoms with Crippen LogP contribution in [-0.2, 0) is 0 Å². The van der Waals surface area contributed by atoms with Crippen LogP contribution in [0.3, 0.4) is 0 Å². The second-order valence-corrected chi connectivity index (χ2v) is 2.70. The molecule has 1 aromatic rings. The van der Waals surface area contributed by atoms with Crippen LogP contribution in [0.4, 0.5) is 10.5 Å². The SMILES string of the molecule is C#CCCNC(=O)Nc1ccccc1. The number of benzene rings is 1. The van der Waals surface area contributed by atoms with Crippen molar-refractivity contribution in [1.29, 1.82) is 0 Å². The van der Waals surface area contributed by atoms with Crippen molar-refractivity contribution >= 4 is 11.7 Å². The van der Waals surface area contributed by atoms with Gasteiger partial charge in [0, 0.05) is 18.7 Å². The van der Waals surface area contributed by atoms with Crippen molar-refractivity contribution < 1.29 is 4.79 Å². The minimum absolute atomic E-state index is 0.230. The Kier molecular flexibility index (Phi) is 4.09. The molecule has 0 aliphatic carbocycles. The van der Waals surface area contributed by atoms with E-state index in [0.717, 1.165) is 5.69 Å². The molecule has 1 rings (SSSR count). The summed E-state index contributed by atoms with van der Waals surface area (Å²) in [5, 5.41) is 5.32. The van der Waals surface area contributed by atoms with E-state index >= 15 is 0 Å². The smallest absolute Gasteiger partial charge is 0.319 e. The minimum atomic E-state index is -0.230. The normalized spacial score (nSPS) is 8.79. The summed E-state index contributed by atoms with van der Waals surface area (Å²) in [6.07, 6.45) is 5.59. The van der Waals surface area contributed by atoms with Crippen LogP contribution in [0, 0.1) is 12.3 Å². The highest BCUT2D eigenvalue weighted by Crippen LogP contribution is 2.03. The third-order valence-electron chi connectivity index (χ3n) is 1.59. The van der Waals surface area contributed by atoms with Crippen molar-refractivity contribution in [3.8, 4) is 12.3 Å². The molecule has 0 aliphatic heterocycles. The zero-order valence-corrected chi connectivity index (χ0v) is 7.79. The lowest BCUT2D eigenvalue weighted by atomic mass is 10.3. The zero-order chi connectivity index (χ0) is 10.2. The number of rotatable bonds is 3. The first-order valence-corrected chi connectivity index (χ1v) is 4.36. The average molecular weight is 188 g/mol. The Morgan fingerprint density at radius 1 is 1.36 bits per heavy atom. The van der Waals surface area contributed by atoms with Crippen molar-refractivity contribution in [3.63, 3.8) is 0 Å². The van der Waals surface area contributed by atoms with Crippen molar-refractivity contribution in [1.82, 2.24) is 5.32 Å². The van der Waals surface area contributed by atoms with Crippen molar-refractivity contribution in [2.45, 2.75) is 6.42 Å². The molecule has 3 nitrogen and oxygen atoms in total. The molecule has 72 valence electrons. The molecule has 0 aromatic heterocycles. The first-order chi connectivity index (χ1) is 6.83. The van der Waals surface area contributed by atoms with Crippen LogP contribution in [0.15, 0.2) is 30.3 Å². The van der Waals surface area contributed by atoms with E-state index < -0.39 is 0 Å². The van der Waals surface area contributed by atoms with E-state index in [4.69, 9.17) is 6.42 Å². The average Bonchev–Trinajstić information content (AvgIpc) is 2.20. The van der Waals surface area contributed by atoms with Gasteiger partial charge in [-0.25, -0.2) is 4.79 Å². The van der Waals surface area contributed by atoms with Gasteiger partial charge in [0.05, 0.1) is 0 Å². The predicted octanol–water partition coefficient (Wildman–Crippen LogP) is 1.83. The van der Waals surface area contributed by atoms with E-state index in [9.17, 15) is 4.79 Å². The number of hydrogen-bond donors (Lipinski definition) is 2. The van der Waals surface area contributed by atoms with E-state index in [1.807, 2.05) is 30.3 Å². The number of carbonyl (C=O) groups excluding carboxylic acids is 1. The summed E-state index contributed by atoms with van der Waals surface area (Å²) in [6, 6.07) is 9.02. The second-order valence-electron chi connectivity index (χ2n) is 2.70.